The van der Waals surface area contributed by atoms with Gasteiger partial charge in [-0.15, -0.1) is 0 Å². The summed E-state index contributed by atoms with van der Waals surface area (Å²) in [5.41, 5.74) is 2.73. The molecule has 1 N–H and O–H groups in total. The molecule has 0 fully saturated rings. The standard InChI is InChI=1S/C16H15NO5/c1-11-8-13(4-7-15(11)17(20)21)9-12-2-5-14(6-3-12)22-10-16(18)19/h2-8H,9-10H2,1H3,(H,18,19). The minimum Gasteiger partial charge on any atom is -0.482 e. The third-order valence-corrected chi connectivity index (χ3v) is 3.15. The molecule has 0 unspecified atom stereocenters. The first-order valence-electron chi connectivity index (χ1n) is 6.63. The fraction of sp³-hybridized carbons (Fsp3) is 0.188. The number of aliphatic carboxylic acids is 1. The highest BCUT2D eigenvalue weighted by Crippen LogP contribution is 2.21. The Morgan fingerprint density at radius 2 is 1.82 bits per heavy atom. The van der Waals surface area contributed by atoms with Gasteiger partial charge in [-0.25, -0.2) is 4.79 Å². The van der Waals surface area contributed by atoms with Crippen LogP contribution in [0.25, 0.3) is 0 Å². The number of nitro groups is 1. The molecule has 2 rings (SSSR count). The topological polar surface area (TPSA) is 89.7 Å². The third kappa shape index (κ3) is 4.05. The number of nitro benzene ring substituents is 1. The van der Waals surface area contributed by atoms with E-state index >= 15 is 0 Å². The van der Waals surface area contributed by atoms with Crippen LogP contribution in [0.1, 0.15) is 16.7 Å². The van der Waals surface area contributed by atoms with Gasteiger partial charge in [-0.2, -0.15) is 0 Å². The summed E-state index contributed by atoms with van der Waals surface area (Å²) in [4.78, 5) is 20.8. The molecule has 0 saturated heterocycles. The molecule has 6 heteroatoms. The zero-order valence-corrected chi connectivity index (χ0v) is 12.0. The molecule has 6 nitrogen and oxygen atoms in total. The van der Waals surface area contributed by atoms with Crippen LogP contribution in [0.3, 0.4) is 0 Å². The van der Waals surface area contributed by atoms with Crippen molar-refractivity contribution < 1.29 is 19.6 Å². The molecule has 0 heterocycles. The van der Waals surface area contributed by atoms with Crippen molar-refractivity contribution in [3.63, 3.8) is 0 Å². The molecule has 0 saturated carbocycles. The molecular formula is C16H15NO5. The SMILES string of the molecule is Cc1cc(Cc2ccc(OCC(=O)O)cc2)ccc1[N+](=O)[O-]. The normalized spacial score (nSPS) is 10.2. The molecule has 114 valence electrons. The molecule has 2 aromatic rings. The molecule has 0 spiro atoms. The number of carboxylic acids is 1. The molecule has 2 aromatic carbocycles. The number of aryl methyl sites for hydroxylation is 1. The lowest BCUT2D eigenvalue weighted by Crippen LogP contribution is -2.09. The molecule has 0 aromatic heterocycles. The van der Waals surface area contributed by atoms with Gasteiger partial charge in [0.1, 0.15) is 5.75 Å². The van der Waals surface area contributed by atoms with Gasteiger partial charge in [-0.3, -0.25) is 10.1 Å². The predicted octanol–water partition coefficient (Wildman–Crippen LogP) is 2.96. The van der Waals surface area contributed by atoms with Crippen LogP contribution in [-0.4, -0.2) is 22.6 Å². The van der Waals surface area contributed by atoms with Crippen molar-refractivity contribution in [2.75, 3.05) is 6.61 Å². The number of hydrogen-bond acceptors (Lipinski definition) is 4. The smallest absolute Gasteiger partial charge is 0.341 e. The van der Waals surface area contributed by atoms with Gasteiger partial charge in [0.2, 0.25) is 0 Å². The largest absolute Gasteiger partial charge is 0.482 e. The van der Waals surface area contributed by atoms with Crippen molar-refractivity contribution in [2.24, 2.45) is 0 Å². The van der Waals surface area contributed by atoms with Gasteiger partial charge >= 0.3 is 5.97 Å². The van der Waals surface area contributed by atoms with E-state index in [0.717, 1.165) is 11.1 Å². The van der Waals surface area contributed by atoms with E-state index < -0.39 is 10.9 Å². The van der Waals surface area contributed by atoms with E-state index in [1.807, 2.05) is 12.1 Å². The van der Waals surface area contributed by atoms with Crippen molar-refractivity contribution in [1.29, 1.82) is 0 Å². The summed E-state index contributed by atoms with van der Waals surface area (Å²) in [7, 11) is 0. The van der Waals surface area contributed by atoms with Gasteiger partial charge in [0.25, 0.3) is 5.69 Å². The number of nitrogens with zero attached hydrogens (tertiary/aromatic N) is 1. The molecule has 0 aliphatic rings. The summed E-state index contributed by atoms with van der Waals surface area (Å²) < 4.78 is 5.06. The Bertz CT molecular complexity index is 694. The molecule has 0 bridgehead atoms. The maximum absolute atomic E-state index is 10.8. The maximum Gasteiger partial charge on any atom is 0.341 e. The molecule has 0 amide bonds. The second-order valence-corrected chi connectivity index (χ2v) is 4.88. The number of carboxylic acid groups (broad SMARTS) is 1. The average Bonchev–Trinajstić information content (AvgIpc) is 2.46. The van der Waals surface area contributed by atoms with E-state index in [4.69, 9.17) is 9.84 Å². The zero-order chi connectivity index (χ0) is 16.1. The van der Waals surface area contributed by atoms with Crippen LogP contribution in [0.2, 0.25) is 0 Å². The van der Waals surface area contributed by atoms with Crippen LogP contribution in [0.4, 0.5) is 5.69 Å². The lowest BCUT2D eigenvalue weighted by Gasteiger charge is -2.06. The molecular weight excluding hydrogens is 286 g/mol. The Morgan fingerprint density at radius 1 is 1.18 bits per heavy atom. The summed E-state index contributed by atoms with van der Waals surface area (Å²) in [5.74, 6) is -0.531. The molecule has 0 radical (unpaired) electrons. The van der Waals surface area contributed by atoms with Crippen LogP contribution in [0.15, 0.2) is 42.5 Å². The Kier molecular flexibility index (Phi) is 4.73. The van der Waals surface area contributed by atoms with Gasteiger partial charge in [-0.05, 0) is 42.7 Å². The number of hydrogen-bond donors (Lipinski definition) is 1. The van der Waals surface area contributed by atoms with Crippen LogP contribution in [0, 0.1) is 17.0 Å². The van der Waals surface area contributed by atoms with Crippen molar-refractivity contribution in [3.05, 3.63) is 69.3 Å². The Morgan fingerprint density at radius 3 is 2.36 bits per heavy atom. The number of carbonyl (C=O) groups is 1. The first-order valence-corrected chi connectivity index (χ1v) is 6.63. The lowest BCUT2D eigenvalue weighted by molar-refractivity contribution is -0.385. The average molecular weight is 301 g/mol. The monoisotopic (exact) mass is 301 g/mol. The summed E-state index contributed by atoms with van der Waals surface area (Å²) in [6.07, 6.45) is 0.637. The zero-order valence-electron chi connectivity index (χ0n) is 12.0. The van der Waals surface area contributed by atoms with E-state index in [-0.39, 0.29) is 12.3 Å². The van der Waals surface area contributed by atoms with E-state index in [0.29, 0.717) is 17.7 Å². The van der Waals surface area contributed by atoms with Gasteiger partial charge in [0.05, 0.1) is 4.92 Å². The summed E-state index contributed by atoms with van der Waals surface area (Å²) >= 11 is 0. The number of ether oxygens (including phenoxy) is 1. The quantitative estimate of drug-likeness (QED) is 0.654. The Labute approximate surface area is 127 Å². The maximum atomic E-state index is 10.8. The highest BCUT2D eigenvalue weighted by Gasteiger charge is 2.10. The fourth-order valence-corrected chi connectivity index (χ4v) is 2.12. The van der Waals surface area contributed by atoms with Crippen molar-refractivity contribution in [3.8, 4) is 5.75 Å². The minimum absolute atomic E-state index is 0.112. The van der Waals surface area contributed by atoms with Gasteiger partial charge in [0.15, 0.2) is 6.61 Å². The van der Waals surface area contributed by atoms with E-state index in [1.165, 1.54) is 6.07 Å². The highest BCUT2D eigenvalue weighted by molar-refractivity contribution is 5.68. The second-order valence-electron chi connectivity index (χ2n) is 4.88. The minimum atomic E-state index is -1.02. The Balaban J connectivity index is 2.06. The number of benzene rings is 2. The third-order valence-electron chi connectivity index (χ3n) is 3.15. The van der Waals surface area contributed by atoms with Gasteiger partial charge < -0.3 is 9.84 Å². The van der Waals surface area contributed by atoms with E-state index in [9.17, 15) is 14.9 Å². The molecule has 0 aliphatic heterocycles. The van der Waals surface area contributed by atoms with Crippen LogP contribution in [0.5, 0.6) is 5.75 Å². The van der Waals surface area contributed by atoms with E-state index in [2.05, 4.69) is 0 Å². The molecule has 0 atom stereocenters. The van der Waals surface area contributed by atoms with Gasteiger partial charge in [-0.1, -0.05) is 18.2 Å². The van der Waals surface area contributed by atoms with Crippen molar-refractivity contribution in [1.82, 2.24) is 0 Å². The first kappa shape index (κ1) is 15.5. The second kappa shape index (κ2) is 6.71. The van der Waals surface area contributed by atoms with Crippen LogP contribution >= 0.6 is 0 Å². The van der Waals surface area contributed by atoms with Crippen molar-refractivity contribution >= 4 is 11.7 Å². The lowest BCUT2D eigenvalue weighted by atomic mass is 10.0. The molecule has 22 heavy (non-hydrogen) atoms. The van der Waals surface area contributed by atoms with Crippen molar-refractivity contribution in [2.45, 2.75) is 13.3 Å². The molecule has 0 aliphatic carbocycles. The van der Waals surface area contributed by atoms with Gasteiger partial charge in [0, 0.05) is 11.6 Å². The summed E-state index contributed by atoms with van der Waals surface area (Å²) in [5, 5.41) is 19.3. The fourth-order valence-electron chi connectivity index (χ4n) is 2.12. The van der Waals surface area contributed by atoms with Crippen LogP contribution < -0.4 is 4.74 Å². The highest BCUT2D eigenvalue weighted by atomic mass is 16.6. The van der Waals surface area contributed by atoms with Crippen LogP contribution in [-0.2, 0) is 11.2 Å². The Hall–Kier alpha value is -2.89. The van der Waals surface area contributed by atoms with E-state index in [1.54, 1.807) is 31.2 Å². The number of rotatable bonds is 6. The summed E-state index contributed by atoms with van der Waals surface area (Å²) in [6.45, 7) is 1.34. The summed E-state index contributed by atoms with van der Waals surface area (Å²) in [6, 6.07) is 12.1. The first-order chi connectivity index (χ1) is 10.5. The predicted molar refractivity (Wildman–Crippen MR) is 80.2 cm³/mol.